The molecule has 0 aliphatic rings. The normalized spacial score (nSPS) is 11.6. The average Bonchev–Trinajstić information content (AvgIpc) is 3.10. The number of nitrogens with zero attached hydrogens (tertiary/aromatic N) is 2. The van der Waals surface area contributed by atoms with E-state index in [0.29, 0.717) is 54.4 Å². The van der Waals surface area contributed by atoms with E-state index in [-0.39, 0.29) is 30.4 Å². The van der Waals surface area contributed by atoms with Gasteiger partial charge in [-0.3, -0.25) is 4.79 Å². The van der Waals surface area contributed by atoms with Crippen molar-refractivity contribution in [3.63, 3.8) is 0 Å². The highest BCUT2D eigenvalue weighted by atomic mass is 32.2. The summed E-state index contributed by atoms with van der Waals surface area (Å²) in [5.41, 5.74) is 1.75. The Morgan fingerprint density at radius 2 is 1.69 bits per heavy atom. The minimum absolute atomic E-state index is 0.0642. The largest absolute Gasteiger partial charge is 0.497 e. The van der Waals surface area contributed by atoms with Crippen LogP contribution in [0.15, 0.2) is 29.2 Å². The molecule has 0 saturated heterocycles. The molecule has 2 aromatic rings. The van der Waals surface area contributed by atoms with Gasteiger partial charge in [-0.1, -0.05) is 0 Å². The van der Waals surface area contributed by atoms with Crippen LogP contribution < -0.4 is 4.74 Å². The number of rotatable bonds is 14. The van der Waals surface area contributed by atoms with Gasteiger partial charge in [-0.2, -0.15) is 4.31 Å². The van der Waals surface area contributed by atoms with Crippen LogP contribution in [0.1, 0.15) is 59.3 Å². The van der Waals surface area contributed by atoms with Crippen LogP contribution in [0.25, 0.3) is 0 Å². The van der Waals surface area contributed by atoms with E-state index in [0.717, 1.165) is 0 Å². The highest BCUT2D eigenvalue weighted by Gasteiger charge is 2.31. The Bertz CT molecular complexity index is 1120. The Hall–Kier alpha value is -2.69. The van der Waals surface area contributed by atoms with Crippen LogP contribution in [-0.4, -0.2) is 69.1 Å². The average molecular weight is 509 g/mol. The van der Waals surface area contributed by atoms with E-state index in [1.165, 1.54) is 23.5 Å². The number of hydrogen-bond acceptors (Lipinski definition) is 7. The van der Waals surface area contributed by atoms with Gasteiger partial charge in [0.25, 0.3) is 0 Å². The van der Waals surface area contributed by atoms with Crippen LogP contribution >= 0.6 is 0 Å². The number of aromatic nitrogens is 1. The van der Waals surface area contributed by atoms with Crippen LogP contribution in [0.3, 0.4) is 0 Å². The molecular weight excluding hydrogens is 472 g/mol. The summed E-state index contributed by atoms with van der Waals surface area (Å²) in [6.07, 6.45) is 0.429. The maximum Gasteiger partial charge on any atom is 0.355 e. The zero-order valence-electron chi connectivity index (χ0n) is 21.4. The van der Waals surface area contributed by atoms with E-state index < -0.39 is 16.0 Å². The van der Waals surface area contributed by atoms with E-state index >= 15 is 0 Å². The number of ether oxygens (including phenoxy) is 3. The van der Waals surface area contributed by atoms with Gasteiger partial charge < -0.3 is 18.8 Å². The summed E-state index contributed by atoms with van der Waals surface area (Å²) in [5, 5.41) is 0. The smallest absolute Gasteiger partial charge is 0.355 e. The fourth-order valence-corrected chi connectivity index (χ4v) is 5.51. The van der Waals surface area contributed by atoms with Gasteiger partial charge in [0, 0.05) is 37.6 Å². The van der Waals surface area contributed by atoms with Crippen molar-refractivity contribution in [2.24, 2.45) is 0 Å². The standard InChI is InChI=1S/C25H36N2O7S/c1-7-27-19(5)23(18(4)24(27)25(29)34-9-3)22(28)17-26(15-10-16-33-8-2)35(30,31)21-13-11-20(32-6)12-14-21/h11-14H,7-10,15-17H2,1-6H3. The van der Waals surface area contributed by atoms with Crippen molar-refractivity contribution in [3.8, 4) is 5.75 Å². The predicted octanol–water partition coefficient (Wildman–Crippen LogP) is 3.61. The van der Waals surface area contributed by atoms with Crippen LogP contribution in [0, 0.1) is 13.8 Å². The van der Waals surface area contributed by atoms with Crippen LogP contribution in [0.5, 0.6) is 5.75 Å². The van der Waals surface area contributed by atoms with E-state index in [2.05, 4.69) is 0 Å². The number of carbonyl (C=O) groups excluding carboxylic acids is 2. The van der Waals surface area contributed by atoms with Crippen molar-refractivity contribution in [1.29, 1.82) is 0 Å². The maximum atomic E-state index is 13.5. The molecule has 0 bridgehead atoms. The molecule has 0 aliphatic carbocycles. The summed E-state index contributed by atoms with van der Waals surface area (Å²) >= 11 is 0. The second-order valence-electron chi connectivity index (χ2n) is 7.89. The Balaban J connectivity index is 2.44. The Kier molecular flexibility index (Phi) is 10.5. The van der Waals surface area contributed by atoms with E-state index in [1.54, 1.807) is 37.5 Å². The van der Waals surface area contributed by atoms with E-state index in [1.807, 2.05) is 13.8 Å². The first-order chi connectivity index (χ1) is 16.6. The fraction of sp³-hybridized carbons (Fsp3) is 0.520. The molecule has 0 unspecified atom stereocenters. The van der Waals surface area contributed by atoms with Gasteiger partial charge in [-0.05, 0) is 70.9 Å². The van der Waals surface area contributed by atoms with E-state index in [4.69, 9.17) is 14.2 Å². The molecule has 1 aromatic heterocycles. The lowest BCUT2D eigenvalue weighted by molar-refractivity contribution is 0.0512. The molecule has 194 valence electrons. The fourth-order valence-electron chi connectivity index (χ4n) is 4.07. The highest BCUT2D eigenvalue weighted by Crippen LogP contribution is 2.26. The molecule has 0 amide bonds. The van der Waals surface area contributed by atoms with Crippen molar-refractivity contribution < 1.29 is 32.2 Å². The molecule has 0 radical (unpaired) electrons. The van der Waals surface area contributed by atoms with Gasteiger partial charge in [-0.15, -0.1) is 0 Å². The molecule has 2 rings (SSSR count). The van der Waals surface area contributed by atoms with Gasteiger partial charge in [-0.25, -0.2) is 13.2 Å². The number of carbonyl (C=O) groups is 2. The number of hydrogen-bond donors (Lipinski definition) is 0. The zero-order chi connectivity index (χ0) is 26.2. The number of esters is 1. The maximum absolute atomic E-state index is 13.5. The topological polar surface area (TPSA) is 104 Å². The van der Waals surface area contributed by atoms with Crippen LogP contribution in [-0.2, 0) is 26.0 Å². The monoisotopic (exact) mass is 508 g/mol. The second kappa shape index (κ2) is 12.9. The molecule has 35 heavy (non-hydrogen) atoms. The third-order valence-electron chi connectivity index (χ3n) is 5.75. The van der Waals surface area contributed by atoms with Crippen LogP contribution in [0.4, 0.5) is 0 Å². The minimum Gasteiger partial charge on any atom is -0.497 e. The zero-order valence-corrected chi connectivity index (χ0v) is 22.2. The number of methoxy groups -OCH3 is 1. The molecule has 0 spiro atoms. The minimum atomic E-state index is -3.97. The molecule has 0 aliphatic heterocycles. The van der Waals surface area contributed by atoms with Crippen molar-refractivity contribution >= 4 is 21.8 Å². The molecule has 1 heterocycles. The second-order valence-corrected chi connectivity index (χ2v) is 9.82. The first-order valence-electron chi connectivity index (χ1n) is 11.8. The number of sulfonamides is 1. The first kappa shape index (κ1) is 28.5. The van der Waals surface area contributed by atoms with Gasteiger partial charge in [0.05, 0.1) is 25.2 Å². The van der Waals surface area contributed by atoms with Gasteiger partial charge in [0.15, 0.2) is 5.78 Å². The number of ketones is 1. The van der Waals surface area contributed by atoms with Crippen molar-refractivity contribution in [3.05, 3.63) is 46.8 Å². The summed E-state index contributed by atoms with van der Waals surface area (Å²) in [6.45, 7) is 10.2. The number of benzene rings is 1. The molecular formula is C25H36N2O7S. The third-order valence-corrected chi connectivity index (χ3v) is 7.61. The Labute approximate surface area is 208 Å². The molecule has 0 N–H and O–H groups in total. The Morgan fingerprint density at radius 3 is 2.23 bits per heavy atom. The lowest BCUT2D eigenvalue weighted by Crippen LogP contribution is -2.37. The van der Waals surface area contributed by atoms with E-state index in [9.17, 15) is 18.0 Å². The van der Waals surface area contributed by atoms with Crippen molar-refractivity contribution in [2.75, 3.05) is 40.0 Å². The van der Waals surface area contributed by atoms with Crippen LogP contribution in [0.2, 0.25) is 0 Å². The molecule has 0 atom stereocenters. The van der Waals surface area contributed by atoms with Gasteiger partial charge in [0.1, 0.15) is 11.4 Å². The molecule has 0 fully saturated rings. The highest BCUT2D eigenvalue weighted by molar-refractivity contribution is 7.89. The summed E-state index contributed by atoms with van der Waals surface area (Å²) < 4.78 is 45.5. The van der Waals surface area contributed by atoms with Crippen molar-refractivity contribution in [1.82, 2.24) is 8.87 Å². The molecule has 9 nitrogen and oxygen atoms in total. The van der Waals surface area contributed by atoms with Crippen molar-refractivity contribution in [2.45, 2.75) is 52.5 Å². The molecule has 10 heteroatoms. The lowest BCUT2D eigenvalue weighted by Gasteiger charge is -2.22. The number of Topliss-reactive ketones (excluding diaryl/α,β-unsaturated/α-hetero) is 1. The van der Waals surface area contributed by atoms with Gasteiger partial charge >= 0.3 is 5.97 Å². The quantitative estimate of drug-likeness (QED) is 0.218. The molecule has 0 saturated carbocycles. The Morgan fingerprint density at radius 1 is 1.03 bits per heavy atom. The molecule has 1 aromatic carbocycles. The third kappa shape index (κ3) is 6.50. The first-order valence-corrected chi connectivity index (χ1v) is 13.2. The van der Waals surface area contributed by atoms with Gasteiger partial charge in [0.2, 0.25) is 10.0 Å². The summed E-state index contributed by atoms with van der Waals surface area (Å²) in [6, 6.07) is 6.04. The summed E-state index contributed by atoms with van der Waals surface area (Å²) in [4.78, 5) is 26.1. The predicted molar refractivity (Wildman–Crippen MR) is 133 cm³/mol. The summed E-state index contributed by atoms with van der Waals surface area (Å²) in [7, 11) is -2.47. The lowest BCUT2D eigenvalue weighted by atomic mass is 10.1. The SMILES string of the molecule is CCOCCCN(CC(=O)c1c(C)c(C(=O)OCC)n(CC)c1C)S(=O)(=O)c1ccc(OC)cc1. The summed E-state index contributed by atoms with van der Waals surface area (Å²) in [5.74, 6) is -0.360.